The second kappa shape index (κ2) is 10.3. The van der Waals surface area contributed by atoms with Gasteiger partial charge in [-0.3, -0.25) is 15.1 Å². The summed E-state index contributed by atoms with van der Waals surface area (Å²) in [5, 5.41) is 15.4. The molecule has 0 unspecified atom stereocenters. The molecule has 0 radical (unpaired) electrons. The van der Waals surface area contributed by atoms with E-state index < -0.39 is 0 Å². The quantitative estimate of drug-likeness (QED) is 0.315. The second-order valence-electron chi connectivity index (χ2n) is 11.1. The molecule has 0 amide bonds. The van der Waals surface area contributed by atoms with Crippen LogP contribution in [0.5, 0.6) is 5.75 Å². The zero-order valence-corrected chi connectivity index (χ0v) is 23.4. The molecule has 1 atom stereocenters. The van der Waals surface area contributed by atoms with Crippen molar-refractivity contribution in [1.29, 1.82) is 0 Å². The van der Waals surface area contributed by atoms with Gasteiger partial charge >= 0.3 is 0 Å². The van der Waals surface area contributed by atoms with Crippen LogP contribution in [0.1, 0.15) is 49.3 Å². The van der Waals surface area contributed by atoms with Gasteiger partial charge in [-0.25, -0.2) is 9.97 Å². The Hall–Kier alpha value is -4.05. The molecule has 5 rings (SSSR count). The molecule has 0 spiro atoms. The average molecular weight is 530 g/mol. The van der Waals surface area contributed by atoms with Crippen molar-refractivity contribution < 1.29 is 9.66 Å². The van der Waals surface area contributed by atoms with Crippen molar-refractivity contribution in [3.63, 3.8) is 0 Å². The molecule has 0 bridgehead atoms. The third kappa shape index (κ3) is 5.16. The number of ether oxygens (including phenoxy) is 1. The van der Waals surface area contributed by atoms with Crippen molar-refractivity contribution in [3.05, 3.63) is 75.4 Å². The molecular formula is C29H35N7O3. The molecule has 1 N–H and O–H groups in total. The number of rotatable bonds is 8. The van der Waals surface area contributed by atoms with Crippen molar-refractivity contribution >= 4 is 28.6 Å². The number of aromatic nitrogens is 3. The number of allylic oxidation sites excluding steroid dienone is 1. The fourth-order valence-corrected chi connectivity index (χ4v) is 5.64. The molecule has 1 aliphatic heterocycles. The highest BCUT2D eigenvalue weighted by molar-refractivity contribution is 5.85. The molecule has 1 saturated heterocycles. The number of hydrogen-bond donors (Lipinski definition) is 1. The first-order valence-electron chi connectivity index (χ1n) is 13.2. The summed E-state index contributed by atoms with van der Waals surface area (Å²) >= 11 is 0. The number of likely N-dealkylation sites (N-methyl/N-ethyl adjacent to an activating group) is 1. The highest BCUT2D eigenvalue weighted by atomic mass is 16.6. The van der Waals surface area contributed by atoms with Gasteiger partial charge in [-0.05, 0) is 46.0 Å². The van der Waals surface area contributed by atoms with Crippen molar-refractivity contribution in [3.8, 4) is 5.75 Å². The molecule has 2 aliphatic rings. The zero-order valence-electron chi connectivity index (χ0n) is 23.4. The number of nitro benzene ring substituents is 1. The zero-order chi connectivity index (χ0) is 27.9. The van der Waals surface area contributed by atoms with Gasteiger partial charge in [0.05, 0.1) is 29.1 Å². The molecule has 3 aromatic rings. The number of anilines is 3. The Morgan fingerprint density at radius 3 is 2.74 bits per heavy atom. The minimum absolute atomic E-state index is 0.0238. The maximum atomic E-state index is 12.2. The largest absolute Gasteiger partial charge is 0.494 e. The highest BCUT2D eigenvalue weighted by Crippen LogP contribution is 2.43. The van der Waals surface area contributed by atoms with Crippen LogP contribution in [0.4, 0.5) is 23.0 Å². The number of methoxy groups -OCH3 is 1. The summed E-state index contributed by atoms with van der Waals surface area (Å²) in [6.07, 6.45) is 5.84. The van der Waals surface area contributed by atoms with E-state index in [1.165, 1.54) is 6.07 Å². The van der Waals surface area contributed by atoms with E-state index in [9.17, 15) is 10.1 Å². The Labute approximate surface area is 228 Å². The van der Waals surface area contributed by atoms with Crippen molar-refractivity contribution in [2.45, 2.75) is 45.1 Å². The fourth-order valence-electron chi connectivity index (χ4n) is 5.64. The summed E-state index contributed by atoms with van der Waals surface area (Å²) in [5.74, 6) is 0.818. The van der Waals surface area contributed by atoms with E-state index in [0.717, 1.165) is 54.1 Å². The van der Waals surface area contributed by atoms with Gasteiger partial charge in [0.15, 0.2) is 0 Å². The predicted octanol–water partition coefficient (Wildman–Crippen LogP) is 5.09. The minimum atomic E-state index is -0.334. The first-order valence-corrected chi connectivity index (χ1v) is 13.2. The monoisotopic (exact) mass is 529 g/mol. The Kier molecular flexibility index (Phi) is 6.98. The number of aryl methyl sites for hydroxylation is 1. The Morgan fingerprint density at radius 2 is 2.03 bits per heavy atom. The maximum Gasteiger partial charge on any atom is 0.294 e. The van der Waals surface area contributed by atoms with E-state index in [0.29, 0.717) is 23.1 Å². The number of nitro groups is 1. The fraction of sp³-hybridized carbons (Fsp3) is 0.414. The Bertz CT molecular complexity index is 1450. The van der Waals surface area contributed by atoms with E-state index in [1.54, 1.807) is 19.4 Å². The van der Waals surface area contributed by atoms with Gasteiger partial charge in [0, 0.05) is 59.7 Å². The third-order valence-corrected chi connectivity index (χ3v) is 7.37. The van der Waals surface area contributed by atoms with Crippen LogP contribution in [0, 0.1) is 17.0 Å². The lowest BCUT2D eigenvalue weighted by atomic mass is 9.91. The van der Waals surface area contributed by atoms with E-state index in [-0.39, 0.29) is 22.1 Å². The smallest absolute Gasteiger partial charge is 0.294 e. The Morgan fingerprint density at radius 1 is 1.23 bits per heavy atom. The van der Waals surface area contributed by atoms with Gasteiger partial charge in [-0.2, -0.15) is 0 Å². The molecule has 3 heterocycles. The predicted molar refractivity (Wildman–Crippen MR) is 153 cm³/mol. The molecule has 10 nitrogen and oxygen atoms in total. The summed E-state index contributed by atoms with van der Waals surface area (Å²) in [5.41, 5.74) is 5.58. The number of fused-ring (bicyclic) bond motifs is 1. The van der Waals surface area contributed by atoms with Crippen LogP contribution in [0.2, 0.25) is 0 Å². The lowest BCUT2D eigenvalue weighted by molar-refractivity contribution is -0.384. The number of nitrogens with zero attached hydrogens (tertiary/aromatic N) is 6. The van der Waals surface area contributed by atoms with Crippen LogP contribution >= 0.6 is 0 Å². The van der Waals surface area contributed by atoms with E-state index in [1.807, 2.05) is 33.2 Å². The van der Waals surface area contributed by atoms with Gasteiger partial charge in [0.25, 0.3) is 5.69 Å². The van der Waals surface area contributed by atoms with E-state index in [2.05, 4.69) is 46.1 Å². The normalized spacial score (nSPS) is 17.8. The summed E-state index contributed by atoms with van der Waals surface area (Å²) in [6.45, 7) is 7.86. The summed E-state index contributed by atoms with van der Waals surface area (Å²) < 4.78 is 5.69. The number of hydrogen-bond acceptors (Lipinski definition) is 9. The number of benzene rings is 1. The SMILES string of the molecule is COc1cc(N2CCC[C@@H]2CN(C)C)c([N+](=O)[O-])cc1Nc1nccc(C2=CC(C)(C)c3nc(C)ccc32)n1. The molecule has 2 aromatic heterocycles. The number of nitrogens with one attached hydrogen (secondary N) is 1. The molecule has 1 aromatic carbocycles. The molecule has 204 valence electrons. The van der Waals surface area contributed by atoms with E-state index in [4.69, 9.17) is 14.7 Å². The molecule has 10 heteroatoms. The van der Waals surface area contributed by atoms with Gasteiger partial charge in [-0.15, -0.1) is 0 Å². The first-order chi connectivity index (χ1) is 18.6. The van der Waals surface area contributed by atoms with Crippen molar-refractivity contribution in [2.75, 3.05) is 44.5 Å². The minimum Gasteiger partial charge on any atom is -0.494 e. The van der Waals surface area contributed by atoms with Gasteiger partial charge in [0.1, 0.15) is 11.4 Å². The van der Waals surface area contributed by atoms with Gasteiger partial charge < -0.3 is 19.9 Å². The molecule has 0 saturated carbocycles. The standard InChI is InChI=1S/C29H35N7O3/c1-18-9-10-20-21(16-29(2,3)27(20)31-18)22-11-12-30-28(32-22)33-23-14-25(36(37)38)24(15-26(23)39-6)35-13-7-8-19(35)17-34(4)5/h9-12,14-16,19H,7-8,13,17H2,1-6H3,(H,30,32,33)/t19-/m1/s1. The Balaban J connectivity index is 1.49. The first kappa shape index (κ1) is 26.6. The van der Waals surface area contributed by atoms with Gasteiger partial charge in [0.2, 0.25) is 5.95 Å². The summed E-state index contributed by atoms with van der Waals surface area (Å²) in [7, 11) is 5.60. The second-order valence-corrected chi connectivity index (χ2v) is 11.1. The van der Waals surface area contributed by atoms with Crippen LogP contribution < -0.4 is 15.0 Å². The van der Waals surface area contributed by atoms with Crippen LogP contribution in [0.25, 0.3) is 5.57 Å². The maximum absolute atomic E-state index is 12.2. The van der Waals surface area contributed by atoms with Crippen LogP contribution in [0.3, 0.4) is 0 Å². The summed E-state index contributed by atoms with van der Waals surface area (Å²) in [6, 6.07) is 9.43. The van der Waals surface area contributed by atoms with Crippen molar-refractivity contribution in [1.82, 2.24) is 19.9 Å². The van der Waals surface area contributed by atoms with Crippen LogP contribution in [0.15, 0.2) is 42.6 Å². The topological polar surface area (TPSA) is 110 Å². The van der Waals surface area contributed by atoms with Crippen LogP contribution in [-0.4, -0.2) is 65.1 Å². The molecular weight excluding hydrogens is 494 g/mol. The van der Waals surface area contributed by atoms with E-state index >= 15 is 0 Å². The van der Waals surface area contributed by atoms with Gasteiger partial charge in [-0.1, -0.05) is 26.0 Å². The number of pyridine rings is 1. The lowest BCUT2D eigenvalue weighted by Crippen LogP contribution is -2.37. The molecule has 39 heavy (non-hydrogen) atoms. The van der Waals surface area contributed by atoms with Crippen LogP contribution in [-0.2, 0) is 5.41 Å². The highest BCUT2D eigenvalue weighted by Gasteiger charge is 2.34. The molecule has 1 fully saturated rings. The summed E-state index contributed by atoms with van der Waals surface area (Å²) in [4.78, 5) is 30.1. The average Bonchev–Trinajstić information content (AvgIpc) is 3.44. The lowest BCUT2D eigenvalue weighted by Gasteiger charge is -2.29. The molecule has 1 aliphatic carbocycles. The third-order valence-electron chi connectivity index (χ3n) is 7.37. The van der Waals surface area contributed by atoms with Crippen molar-refractivity contribution in [2.24, 2.45) is 0 Å².